The number of carbonyl (C=O) groups is 2. The second-order valence-electron chi connectivity index (χ2n) is 5.42. The minimum atomic E-state index is -0.909. The van der Waals surface area contributed by atoms with Crippen LogP contribution in [0.15, 0.2) is 18.2 Å². The van der Waals surface area contributed by atoms with Crippen molar-refractivity contribution >= 4 is 23.2 Å². The smallest absolute Gasteiger partial charge is 0.268 e. The van der Waals surface area contributed by atoms with Gasteiger partial charge in [0.1, 0.15) is 5.75 Å². The fraction of sp³-hybridized carbons (Fsp3) is 0.429. The summed E-state index contributed by atoms with van der Waals surface area (Å²) in [5.41, 5.74) is 0.365. The molecule has 0 saturated heterocycles. The third kappa shape index (κ3) is 2.70. The predicted molar refractivity (Wildman–Crippen MR) is 73.2 cm³/mol. The van der Waals surface area contributed by atoms with Gasteiger partial charge in [0.15, 0.2) is 5.60 Å². The van der Waals surface area contributed by atoms with Crippen molar-refractivity contribution in [2.75, 3.05) is 10.6 Å². The average Bonchev–Trinajstić information content (AvgIpc) is 2.30. The van der Waals surface area contributed by atoms with Crippen LogP contribution >= 0.6 is 0 Å². The van der Waals surface area contributed by atoms with Gasteiger partial charge in [-0.05, 0) is 26.0 Å². The highest BCUT2D eigenvalue weighted by molar-refractivity contribution is 6.01. The van der Waals surface area contributed by atoms with Crippen molar-refractivity contribution in [3.05, 3.63) is 18.2 Å². The summed E-state index contributed by atoms with van der Waals surface area (Å²) in [6.45, 7) is 7.05. The fourth-order valence-corrected chi connectivity index (χ4v) is 1.67. The standard InChI is InChI=1S/C14H18N2O3/c1-8(2)12(17)15-9-5-6-10-11(7-9)19-14(3,4)13(18)16-10/h5-8H,1-4H3,(H,15,17)(H,16,18). The number of ether oxygens (including phenoxy) is 1. The number of anilines is 2. The third-order valence-corrected chi connectivity index (χ3v) is 2.93. The van der Waals surface area contributed by atoms with Gasteiger partial charge in [-0.15, -0.1) is 0 Å². The van der Waals surface area contributed by atoms with Crippen molar-refractivity contribution in [1.29, 1.82) is 0 Å². The zero-order valence-corrected chi connectivity index (χ0v) is 11.5. The highest BCUT2D eigenvalue weighted by Crippen LogP contribution is 2.35. The summed E-state index contributed by atoms with van der Waals surface area (Å²) in [6, 6.07) is 5.18. The Morgan fingerprint density at radius 3 is 2.68 bits per heavy atom. The van der Waals surface area contributed by atoms with Crippen molar-refractivity contribution < 1.29 is 14.3 Å². The minimum Gasteiger partial charge on any atom is -0.476 e. The van der Waals surface area contributed by atoms with Crippen LogP contribution in [-0.2, 0) is 9.59 Å². The maximum atomic E-state index is 11.7. The summed E-state index contributed by atoms with van der Waals surface area (Å²) in [7, 11) is 0. The number of carbonyl (C=O) groups excluding carboxylic acids is 2. The summed E-state index contributed by atoms with van der Waals surface area (Å²) in [5.74, 6) is 0.234. The van der Waals surface area contributed by atoms with E-state index in [1.807, 2.05) is 13.8 Å². The molecule has 0 atom stereocenters. The van der Waals surface area contributed by atoms with Gasteiger partial charge in [-0.25, -0.2) is 0 Å². The van der Waals surface area contributed by atoms with Crippen LogP contribution < -0.4 is 15.4 Å². The van der Waals surface area contributed by atoms with Crippen LogP contribution in [0.25, 0.3) is 0 Å². The van der Waals surface area contributed by atoms with Crippen LogP contribution in [0.3, 0.4) is 0 Å². The van der Waals surface area contributed by atoms with Gasteiger partial charge in [0.05, 0.1) is 5.69 Å². The zero-order chi connectivity index (χ0) is 14.2. The van der Waals surface area contributed by atoms with Crippen molar-refractivity contribution in [2.45, 2.75) is 33.3 Å². The number of nitrogens with one attached hydrogen (secondary N) is 2. The van der Waals surface area contributed by atoms with Gasteiger partial charge in [0.2, 0.25) is 5.91 Å². The molecular weight excluding hydrogens is 244 g/mol. The fourth-order valence-electron chi connectivity index (χ4n) is 1.67. The Labute approximate surface area is 112 Å². The minimum absolute atomic E-state index is 0.0564. The van der Waals surface area contributed by atoms with E-state index in [9.17, 15) is 9.59 Å². The molecule has 0 fully saturated rings. The largest absolute Gasteiger partial charge is 0.476 e. The molecule has 1 aliphatic heterocycles. The highest BCUT2D eigenvalue weighted by atomic mass is 16.5. The van der Waals surface area contributed by atoms with E-state index in [2.05, 4.69) is 10.6 Å². The zero-order valence-electron chi connectivity index (χ0n) is 11.5. The first-order chi connectivity index (χ1) is 8.79. The Bertz CT molecular complexity index is 535. The Morgan fingerprint density at radius 2 is 2.05 bits per heavy atom. The summed E-state index contributed by atoms with van der Waals surface area (Å²) < 4.78 is 5.65. The molecule has 5 nitrogen and oxygen atoms in total. The van der Waals surface area contributed by atoms with E-state index in [0.717, 1.165) is 0 Å². The average molecular weight is 262 g/mol. The van der Waals surface area contributed by atoms with Crippen LogP contribution in [0.5, 0.6) is 5.75 Å². The van der Waals surface area contributed by atoms with Crippen LogP contribution in [-0.4, -0.2) is 17.4 Å². The number of hydrogen-bond acceptors (Lipinski definition) is 3. The molecule has 0 aliphatic carbocycles. The molecule has 1 aliphatic rings. The molecule has 1 aromatic carbocycles. The maximum absolute atomic E-state index is 11.7. The molecule has 2 amide bonds. The lowest BCUT2D eigenvalue weighted by molar-refractivity contribution is -0.129. The van der Waals surface area contributed by atoms with E-state index in [1.54, 1.807) is 32.0 Å². The van der Waals surface area contributed by atoms with E-state index in [1.165, 1.54) is 0 Å². The van der Waals surface area contributed by atoms with Gasteiger partial charge in [0.25, 0.3) is 5.91 Å². The van der Waals surface area contributed by atoms with Crippen molar-refractivity contribution in [2.24, 2.45) is 5.92 Å². The van der Waals surface area contributed by atoms with E-state index < -0.39 is 5.60 Å². The Balaban J connectivity index is 2.25. The molecule has 2 N–H and O–H groups in total. The van der Waals surface area contributed by atoms with E-state index in [4.69, 9.17) is 4.74 Å². The molecule has 0 unspecified atom stereocenters. The van der Waals surface area contributed by atoms with Crippen LogP contribution in [0.4, 0.5) is 11.4 Å². The second kappa shape index (κ2) is 4.57. The molecule has 0 aromatic heterocycles. The second-order valence-corrected chi connectivity index (χ2v) is 5.42. The number of amides is 2. The van der Waals surface area contributed by atoms with Crippen LogP contribution in [0, 0.1) is 5.92 Å². The van der Waals surface area contributed by atoms with Gasteiger partial charge in [-0.1, -0.05) is 13.8 Å². The number of fused-ring (bicyclic) bond motifs is 1. The molecule has 2 rings (SSSR count). The summed E-state index contributed by atoms with van der Waals surface area (Å²) in [6.07, 6.45) is 0. The summed E-state index contributed by atoms with van der Waals surface area (Å²) in [5, 5.41) is 5.58. The van der Waals surface area contributed by atoms with Crippen LogP contribution in [0.1, 0.15) is 27.7 Å². The number of rotatable bonds is 2. The SMILES string of the molecule is CC(C)C(=O)Nc1ccc2c(c1)OC(C)(C)C(=O)N2. The molecule has 0 spiro atoms. The topological polar surface area (TPSA) is 67.4 Å². The molecule has 102 valence electrons. The van der Waals surface area contributed by atoms with E-state index >= 15 is 0 Å². The predicted octanol–water partition coefficient (Wildman–Crippen LogP) is 2.39. The van der Waals surface area contributed by atoms with Gasteiger partial charge in [0, 0.05) is 17.7 Å². The lowest BCUT2D eigenvalue weighted by Crippen LogP contribution is -2.45. The van der Waals surface area contributed by atoms with Crippen molar-refractivity contribution in [3.63, 3.8) is 0 Å². The van der Waals surface area contributed by atoms with E-state index in [-0.39, 0.29) is 17.7 Å². The molecule has 1 aromatic rings. The lowest BCUT2D eigenvalue weighted by Gasteiger charge is -2.31. The Hall–Kier alpha value is -2.04. The quantitative estimate of drug-likeness (QED) is 0.860. The first-order valence-electron chi connectivity index (χ1n) is 6.25. The third-order valence-electron chi connectivity index (χ3n) is 2.93. The van der Waals surface area contributed by atoms with Gasteiger partial charge >= 0.3 is 0 Å². The van der Waals surface area contributed by atoms with Crippen LogP contribution in [0.2, 0.25) is 0 Å². The molecule has 1 heterocycles. The number of hydrogen-bond donors (Lipinski definition) is 2. The Kier molecular flexibility index (Phi) is 3.22. The Morgan fingerprint density at radius 1 is 1.37 bits per heavy atom. The highest BCUT2D eigenvalue weighted by Gasteiger charge is 2.35. The van der Waals surface area contributed by atoms with Crippen molar-refractivity contribution in [1.82, 2.24) is 0 Å². The summed E-state index contributed by atoms with van der Waals surface area (Å²) in [4.78, 5) is 23.4. The van der Waals surface area contributed by atoms with Gasteiger partial charge in [-0.3, -0.25) is 9.59 Å². The lowest BCUT2D eigenvalue weighted by atomic mass is 10.1. The van der Waals surface area contributed by atoms with Gasteiger partial charge < -0.3 is 15.4 Å². The van der Waals surface area contributed by atoms with Gasteiger partial charge in [-0.2, -0.15) is 0 Å². The first-order valence-corrected chi connectivity index (χ1v) is 6.25. The normalized spacial score (nSPS) is 16.4. The molecule has 0 saturated carbocycles. The first kappa shape index (κ1) is 13.4. The molecule has 19 heavy (non-hydrogen) atoms. The van der Waals surface area contributed by atoms with E-state index in [0.29, 0.717) is 17.1 Å². The molecule has 0 radical (unpaired) electrons. The molecular formula is C14H18N2O3. The molecule has 0 bridgehead atoms. The monoisotopic (exact) mass is 262 g/mol. The van der Waals surface area contributed by atoms with Crippen molar-refractivity contribution in [3.8, 4) is 5.75 Å². The number of benzene rings is 1. The summed E-state index contributed by atoms with van der Waals surface area (Å²) >= 11 is 0. The molecule has 5 heteroatoms. The maximum Gasteiger partial charge on any atom is 0.268 e.